The molecule has 1 aliphatic rings. The molecule has 1 aromatic heterocycles. The molecule has 0 aliphatic carbocycles. The van der Waals surface area contributed by atoms with Crippen molar-refractivity contribution in [3.8, 4) is 0 Å². The van der Waals surface area contributed by atoms with Crippen LogP contribution in [0.4, 0.5) is 5.82 Å². The highest BCUT2D eigenvalue weighted by molar-refractivity contribution is 9.10. The molecule has 4 heteroatoms. The van der Waals surface area contributed by atoms with E-state index >= 15 is 0 Å². The third-order valence-electron chi connectivity index (χ3n) is 3.36. The zero-order valence-electron chi connectivity index (χ0n) is 10.1. The number of hydrogen-bond donors (Lipinski definition) is 0. The van der Waals surface area contributed by atoms with Crippen LogP contribution in [-0.4, -0.2) is 42.1 Å². The molecule has 2 heterocycles. The Bertz CT molecular complexity index is 378. The third kappa shape index (κ3) is 2.23. The van der Waals surface area contributed by atoms with Gasteiger partial charge in [-0.3, -0.25) is 4.90 Å². The van der Waals surface area contributed by atoms with Crippen LogP contribution in [0.25, 0.3) is 0 Å². The second kappa shape index (κ2) is 4.34. The Labute approximate surface area is 106 Å². The Morgan fingerprint density at radius 1 is 1.38 bits per heavy atom. The minimum atomic E-state index is 0.204. The molecule has 0 unspecified atom stereocenters. The van der Waals surface area contributed by atoms with Crippen LogP contribution < -0.4 is 4.90 Å². The van der Waals surface area contributed by atoms with Crippen molar-refractivity contribution in [2.45, 2.75) is 19.4 Å². The summed E-state index contributed by atoms with van der Waals surface area (Å²) in [7, 11) is 2.19. The largest absolute Gasteiger partial charge is 0.353 e. The molecule has 1 saturated heterocycles. The molecule has 0 radical (unpaired) electrons. The van der Waals surface area contributed by atoms with E-state index in [-0.39, 0.29) is 5.54 Å². The molecule has 16 heavy (non-hydrogen) atoms. The van der Waals surface area contributed by atoms with Gasteiger partial charge in [0.05, 0.1) is 4.47 Å². The highest BCUT2D eigenvalue weighted by Crippen LogP contribution is 2.28. The van der Waals surface area contributed by atoms with Gasteiger partial charge in [0, 0.05) is 31.4 Å². The number of rotatable bonds is 1. The van der Waals surface area contributed by atoms with E-state index in [1.54, 1.807) is 0 Å². The van der Waals surface area contributed by atoms with E-state index in [0.717, 1.165) is 29.9 Å². The van der Waals surface area contributed by atoms with Crippen LogP contribution in [0.1, 0.15) is 13.8 Å². The second-order valence-corrected chi connectivity index (χ2v) is 5.82. The molecule has 1 aromatic rings. The fourth-order valence-corrected chi connectivity index (χ4v) is 2.54. The first-order valence-corrected chi connectivity index (χ1v) is 6.37. The van der Waals surface area contributed by atoms with Crippen LogP contribution in [0.3, 0.4) is 0 Å². The number of hydrogen-bond acceptors (Lipinski definition) is 3. The number of nitrogens with zero attached hydrogens (tertiary/aromatic N) is 3. The summed E-state index contributed by atoms with van der Waals surface area (Å²) < 4.78 is 1.08. The Hall–Kier alpha value is -0.610. The van der Waals surface area contributed by atoms with Gasteiger partial charge in [-0.25, -0.2) is 4.98 Å². The molecule has 0 aromatic carbocycles. The third-order valence-corrected chi connectivity index (χ3v) is 3.97. The number of aromatic nitrogens is 1. The Morgan fingerprint density at radius 3 is 2.75 bits per heavy atom. The first-order chi connectivity index (χ1) is 7.50. The molecule has 0 saturated carbocycles. The van der Waals surface area contributed by atoms with Crippen molar-refractivity contribution in [2.75, 3.05) is 31.6 Å². The topological polar surface area (TPSA) is 19.4 Å². The minimum absolute atomic E-state index is 0.204. The van der Waals surface area contributed by atoms with Crippen LogP contribution >= 0.6 is 15.9 Å². The number of piperazine rings is 1. The molecule has 1 fully saturated rings. The normalized spacial score (nSPS) is 21.1. The van der Waals surface area contributed by atoms with Gasteiger partial charge in [0.25, 0.3) is 0 Å². The van der Waals surface area contributed by atoms with Gasteiger partial charge >= 0.3 is 0 Å². The first kappa shape index (κ1) is 11.9. The van der Waals surface area contributed by atoms with Gasteiger partial charge < -0.3 is 4.90 Å². The Morgan fingerprint density at radius 2 is 2.12 bits per heavy atom. The van der Waals surface area contributed by atoms with Crippen molar-refractivity contribution >= 4 is 21.7 Å². The highest BCUT2D eigenvalue weighted by atomic mass is 79.9. The molecule has 3 nitrogen and oxygen atoms in total. The van der Waals surface area contributed by atoms with E-state index in [4.69, 9.17) is 0 Å². The van der Waals surface area contributed by atoms with Gasteiger partial charge in [-0.05, 0) is 49.0 Å². The lowest BCUT2D eigenvalue weighted by Gasteiger charge is -2.45. The van der Waals surface area contributed by atoms with Crippen LogP contribution in [-0.2, 0) is 0 Å². The summed E-state index contributed by atoms with van der Waals surface area (Å²) in [5.74, 6) is 1.06. The van der Waals surface area contributed by atoms with Gasteiger partial charge in [-0.1, -0.05) is 0 Å². The highest BCUT2D eigenvalue weighted by Gasteiger charge is 2.32. The van der Waals surface area contributed by atoms with Crippen LogP contribution in [0.5, 0.6) is 0 Å². The van der Waals surface area contributed by atoms with Crippen LogP contribution in [0, 0.1) is 0 Å². The molecule has 88 valence electrons. The minimum Gasteiger partial charge on any atom is -0.353 e. The first-order valence-electron chi connectivity index (χ1n) is 5.57. The van der Waals surface area contributed by atoms with Gasteiger partial charge in [-0.15, -0.1) is 0 Å². The van der Waals surface area contributed by atoms with Crippen molar-refractivity contribution in [3.05, 3.63) is 22.8 Å². The Kier molecular flexibility index (Phi) is 3.22. The second-order valence-electron chi connectivity index (χ2n) is 4.96. The lowest BCUT2D eigenvalue weighted by atomic mass is 10.00. The van der Waals surface area contributed by atoms with Crippen LogP contribution in [0.2, 0.25) is 0 Å². The number of pyridine rings is 1. The van der Waals surface area contributed by atoms with Crippen molar-refractivity contribution in [1.29, 1.82) is 0 Å². The van der Waals surface area contributed by atoms with E-state index < -0.39 is 0 Å². The molecule has 1 aliphatic heterocycles. The summed E-state index contributed by atoms with van der Waals surface area (Å²) in [4.78, 5) is 9.21. The van der Waals surface area contributed by atoms with Crippen molar-refractivity contribution < 1.29 is 0 Å². The van der Waals surface area contributed by atoms with Gasteiger partial charge in [0.1, 0.15) is 5.82 Å². The Balaban J connectivity index is 2.21. The monoisotopic (exact) mass is 283 g/mol. The summed E-state index contributed by atoms with van der Waals surface area (Å²) >= 11 is 3.57. The standard InChI is InChI=1S/C12H18BrN3/c1-12(2)9-16(8-7-15(12)3)11-10(13)5-4-6-14-11/h4-6H,7-9H2,1-3H3. The predicted octanol–water partition coefficient (Wildman–Crippen LogP) is 2.37. The van der Waals surface area contributed by atoms with Crippen molar-refractivity contribution in [1.82, 2.24) is 9.88 Å². The number of anilines is 1. The molecule has 0 atom stereocenters. The SMILES string of the molecule is CN1CCN(c2ncccc2Br)CC1(C)C. The quantitative estimate of drug-likeness (QED) is 0.789. The van der Waals surface area contributed by atoms with E-state index in [1.165, 1.54) is 0 Å². The van der Waals surface area contributed by atoms with Gasteiger partial charge in [-0.2, -0.15) is 0 Å². The summed E-state index contributed by atoms with van der Waals surface area (Å²) in [5, 5.41) is 0. The maximum Gasteiger partial charge on any atom is 0.142 e. The predicted molar refractivity (Wildman–Crippen MR) is 70.9 cm³/mol. The van der Waals surface area contributed by atoms with E-state index in [0.29, 0.717) is 0 Å². The maximum absolute atomic E-state index is 4.45. The van der Waals surface area contributed by atoms with Crippen molar-refractivity contribution in [3.63, 3.8) is 0 Å². The van der Waals surface area contributed by atoms with Crippen molar-refractivity contribution in [2.24, 2.45) is 0 Å². The molecule has 0 amide bonds. The van der Waals surface area contributed by atoms with Crippen LogP contribution in [0.15, 0.2) is 22.8 Å². The number of likely N-dealkylation sites (N-methyl/N-ethyl adjacent to an activating group) is 1. The number of halogens is 1. The molecule has 2 rings (SSSR count). The molecule has 0 spiro atoms. The van der Waals surface area contributed by atoms with Gasteiger partial charge in [0.2, 0.25) is 0 Å². The zero-order valence-corrected chi connectivity index (χ0v) is 11.7. The fraction of sp³-hybridized carbons (Fsp3) is 0.583. The lowest BCUT2D eigenvalue weighted by molar-refractivity contribution is 0.138. The van der Waals surface area contributed by atoms with E-state index in [2.05, 4.69) is 51.6 Å². The maximum atomic E-state index is 4.45. The summed E-state index contributed by atoms with van der Waals surface area (Å²) in [6, 6.07) is 4.00. The van der Waals surface area contributed by atoms with E-state index in [1.807, 2.05) is 18.3 Å². The lowest BCUT2D eigenvalue weighted by Crippen LogP contribution is -2.58. The fourth-order valence-electron chi connectivity index (χ4n) is 2.03. The average molecular weight is 284 g/mol. The zero-order chi connectivity index (χ0) is 11.8. The molecular formula is C12H18BrN3. The molecular weight excluding hydrogens is 266 g/mol. The molecule has 0 N–H and O–H groups in total. The summed E-state index contributed by atoms with van der Waals surface area (Å²) in [6.45, 7) is 7.68. The van der Waals surface area contributed by atoms with E-state index in [9.17, 15) is 0 Å². The smallest absolute Gasteiger partial charge is 0.142 e. The summed E-state index contributed by atoms with van der Waals surface area (Å²) in [5.41, 5.74) is 0.204. The molecule has 0 bridgehead atoms. The average Bonchev–Trinajstić information content (AvgIpc) is 2.23. The summed E-state index contributed by atoms with van der Waals surface area (Å²) in [6.07, 6.45) is 1.85. The van der Waals surface area contributed by atoms with Gasteiger partial charge in [0.15, 0.2) is 0 Å².